The van der Waals surface area contributed by atoms with Gasteiger partial charge in [-0.1, -0.05) is 47.5 Å². The molecule has 1 fully saturated rings. The van der Waals surface area contributed by atoms with Crippen LogP contribution in [0.2, 0.25) is 0 Å². The topological polar surface area (TPSA) is 81.8 Å². The largest absolute Gasteiger partial charge is 0.349 e. The van der Waals surface area contributed by atoms with Crippen LogP contribution in [0.25, 0.3) is 0 Å². The number of amides is 3. The highest BCUT2D eigenvalue weighted by atomic mass is 16.2. The minimum Gasteiger partial charge on any atom is -0.349 e. The molecule has 1 aliphatic rings. The van der Waals surface area contributed by atoms with E-state index >= 15 is 0 Å². The van der Waals surface area contributed by atoms with Crippen molar-refractivity contribution in [2.75, 3.05) is 38.0 Å². The van der Waals surface area contributed by atoms with Crippen LogP contribution < -0.4 is 10.6 Å². The van der Waals surface area contributed by atoms with E-state index in [0.717, 1.165) is 22.4 Å². The zero-order valence-electron chi connectivity index (χ0n) is 19.1. The SMILES string of the molecule is CC(=O)N[C@@H](CC(=O)N1CCN(CC(=O)Nc2ccc(C)cc2)CC1)c1ccc(C)cc1. The third kappa shape index (κ3) is 6.92. The number of carbonyl (C=O) groups is 3. The van der Waals surface area contributed by atoms with Crippen LogP contribution in [0.4, 0.5) is 5.69 Å². The van der Waals surface area contributed by atoms with Gasteiger partial charge in [-0.3, -0.25) is 19.3 Å². The van der Waals surface area contributed by atoms with Gasteiger partial charge in [-0.15, -0.1) is 0 Å². The predicted molar refractivity (Wildman–Crippen MR) is 125 cm³/mol. The highest BCUT2D eigenvalue weighted by Gasteiger charge is 2.25. The Labute approximate surface area is 189 Å². The molecule has 0 bridgehead atoms. The first-order chi connectivity index (χ1) is 15.3. The second-order valence-corrected chi connectivity index (χ2v) is 8.44. The Hall–Kier alpha value is -3.19. The predicted octanol–water partition coefficient (Wildman–Crippen LogP) is 2.65. The minimum absolute atomic E-state index is 0.00748. The van der Waals surface area contributed by atoms with Gasteiger partial charge in [0.2, 0.25) is 17.7 Å². The van der Waals surface area contributed by atoms with Crippen LogP contribution in [0.15, 0.2) is 48.5 Å². The maximum absolute atomic E-state index is 12.9. The van der Waals surface area contributed by atoms with Crippen molar-refractivity contribution in [3.8, 4) is 0 Å². The van der Waals surface area contributed by atoms with Crippen LogP contribution in [-0.2, 0) is 14.4 Å². The average molecular weight is 437 g/mol. The number of aryl methyl sites for hydroxylation is 2. The van der Waals surface area contributed by atoms with Gasteiger partial charge < -0.3 is 15.5 Å². The van der Waals surface area contributed by atoms with Crippen molar-refractivity contribution >= 4 is 23.4 Å². The Morgan fingerprint density at radius 3 is 2.00 bits per heavy atom. The summed E-state index contributed by atoms with van der Waals surface area (Å²) in [4.78, 5) is 40.8. The van der Waals surface area contributed by atoms with Gasteiger partial charge in [-0.2, -0.15) is 0 Å². The molecule has 2 N–H and O–H groups in total. The molecule has 0 aromatic heterocycles. The van der Waals surface area contributed by atoms with Gasteiger partial charge >= 0.3 is 0 Å². The van der Waals surface area contributed by atoms with Gasteiger partial charge in [0, 0.05) is 38.8 Å². The molecule has 1 atom stereocenters. The molecule has 0 aliphatic carbocycles. The van der Waals surface area contributed by atoms with Crippen molar-refractivity contribution < 1.29 is 14.4 Å². The number of rotatable bonds is 7. The summed E-state index contributed by atoms with van der Waals surface area (Å²) in [6.45, 7) is 8.19. The Bertz CT molecular complexity index is 933. The number of anilines is 1. The zero-order valence-corrected chi connectivity index (χ0v) is 19.1. The highest BCUT2D eigenvalue weighted by molar-refractivity contribution is 5.92. The third-order valence-electron chi connectivity index (χ3n) is 5.66. The normalized spacial score (nSPS) is 15.2. The molecule has 3 amide bonds. The molecule has 1 saturated heterocycles. The first-order valence-corrected chi connectivity index (χ1v) is 11.0. The van der Waals surface area contributed by atoms with E-state index in [9.17, 15) is 14.4 Å². The van der Waals surface area contributed by atoms with E-state index in [0.29, 0.717) is 32.7 Å². The van der Waals surface area contributed by atoms with E-state index in [1.165, 1.54) is 6.92 Å². The lowest BCUT2D eigenvalue weighted by molar-refractivity contribution is -0.133. The second kappa shape index (κ2) is 10.9. The molecule has 1 aliphatic heterocycles. The van der Waals surface area contributed by atoms with Crippen LogP contribution in [0.3, 0.4) is 0 Å². The van der Waals surface area contributed by atoms with Crippen molar-refractivity contribution in [1.82, 2.24) is 15.1 Å². The summed E-state index contributed by atoms with van der Waals surface area (Å²) >= 11 is 0. The van der Waals surface area contributed by atoms with Crippen LogP contribution in [0.1, 0.15) is 36.1 Å². The molecular formula is C25H32N4O3. The summed E-state index contributed by atoms with van der Waals surface area (Å²) < 4.78 is 0. The molecule has 7 nitrogen and oxygen atoms in total. The third-order valence-corrected chi connectivity index (χ3v) is 5.66. The summed E-state index contributed by atoms with van der Waals surface area (Å²) in [6, 6.07) is 15.2. The monoisotopic (exact) mass is 436 g/mol. The number of hydrogen-bond acceptors (Lipinski definition) is 4. The van der Waals surface area contributed by atoms with Gasteiger partial charge in [0.05, 0.1) is 19.0 Å². The minimum atomic E-state index is -0.348. The Morgan fingerprint density at radius 2 is 1.44 bits per heavy atom. The van der Waals surface area contributed by atoms with Crippen molar-refractivity contribution in [2.45, 2.75) is 33.2 Å². The summed E-state index contributed by atoms with van der Waals surface area (Å²) in [7, 11) is 0. The number of hydrogen-bond donors (Lipinski definition) is 2. The fourth-order valence-corrected chi connectivity index (χ4v) is 3.80. The van der Waals surface area contributed by atoms with E-state index in [1.54, 1.807) is 0 Å². The zero-order chi connectivity index (χ0) is 23.1. The van der Waals surface area contributed by atoms with E-state index in [2.05, 4.69) is 15.5 Å². The maximum atomic E-state index is 12.9. The fourth-order valence-electron chi connectivity index (χ4n) is 3.80. The number of benzene rings is 2. The molecular weight excluding hydrogens is 404 g/mol. The lowest BCUT2D eigenvalue weighted by Crippen LogP contribution is -2.51. The fraction of sp³-hybridized carbons (Fsp3) is 0.400. The Morgan fingerprint density at radius 1 is 0.875 bits per heavy atom. The molecule has 2 aromatic rings. The van der Waals surface area contributed by atoms with Crippen molar-refractivity contribution in [1.29, 1.82) is 0 Å². The molecule has 2 aromatic carbocycles. The molecule has 1 heterocycles. The van der Waals surface area contributed by atoms with E-state index in [1.807, 2.05) is 67.3 Å². The number of carbonyl (C=O) groups excluding carboxylic acids is 3. The quantitative estimate of drug-likeness (QED) is 0.699. The first-order valence-electron chi connectivity index (χ1n) is 11.0. The lowest BCUT2D eigenvalue weighted by Gasteiger charge is -2.35. The Kier molecular flexibility index (Phi) is 8.00. The van der Waals surface area contributed by atoms with E-state index < -0.39 is 0 Å². The van der Waals surface area contributed by atoms with Crippen molar-refractivity contribution in [3.05, 3.63) is 65.2 Å². The molecule has 170 valence electrons. The number of piperazine rings is 1. The Balaban J connectivity index is 1.49. The molecule has 0 saturated carbocycles. The van der Waals surface area contributed by atoms with Gasteiger partial charge in [0.25, 0.3) is 0 Å². The number of nitrogens with one attached hydrogen (secondary N) is 2. The van der Waals surface area contributed by atoms with Gasteiger partial charge in [0.1, 0.15) is 0 Å². The molecule has 7 heteroatoms. The van der Waals surface area contributed by atoms with Crippen LogP contribution >= 0.6 is 0 Å². The van der Waals surface area contributed by atoms with E-state index in [4.69, 9.17) is 0 Å². The van der Waals surface area contributed by atoms with Gasteiger partial charge in [-0.25, -0.2) is 0 Å². The van der Waals surface area contributed by atoms with Crippen LogP contribution in [-0.4, -0.2) is 60.2 Å². The smallest absolute Gasteiger partial charge is 0.238 e. The van der Waals surface area contributed by atoms with E-state index in [-0.39, 0.29) is 30.2 Å². The second-order valence-electron chi connectivity index (χ2n) is 8.44. The molecule has 3 rings (SSSR count). The summed E-state index contributed by atoms with van der Waals surface area (Å²) in [5.74, 6) is -0.209. The lowest BCUT2D eigenvalue weighted by atomic mass is 10.0. The molecule has 0 radical (unpaired) electrons. The van der Waals surface area contributed by atoms with Gasteiger partial charge in [-0.05, 0) is 31.5 Å². The van der Waals surface area contributed by atoms with Gasteiger partial charge in [0.15, 0.2) is 0 Å². The standard InChI is InChI=1S/C25H32N4O3/c1-18-4-8-21(9-5-18)23(26-20(3)30)16-25(32)29-14-12-28(13-15-29)17-24(31)27-22-10-6-19(2)7-11-22/h4-11,23H,12-17H2,1-3H3,(H,26,30)(H,27,31)/t23-/m0/s1. The molecule has 32 heavy (non-hydrogen) atoms. The summed E-state index contributed by atoms with van der Waals surface area (Å²) in [5.41, 5.74) is 3.98. The average Bonchev–Trinajstić information content (AvgIpc) is 2.75. The van der Waals surface area contributed by atoms with Crippen LogP contribution in [0, 0.1) is 13.8 Å². The van der Waals surface area contributed by atoms with Crippen LogP contribution in [0.5, 0.6) is 0 Å². The summed E-state index contributed by atoms with van der Waals surface area (Å²) in [5, 5.41) is 5.81. The molecule has 0 spiro atoms. The maximum Gasteiger partial charge on any atom is 0.238 e. The molecule has 0 unspecified atom stereocenters. The van der Waals surface area contributed by atoms with Crippen molar-refractivity contribution in [3.63, 3.8) is 0 Å². The highest BCUT2D eigenvalue weighted by Crippen LogP contribution is 2.19. The summed E-state index contributed by atoms with van der Waals surface area (Å²) in [6.07, 6.45) is 0.219. The first kappa shape index (κ1) is 23.5. The number of nitrogens with zero attached hydrogens (tertiary/aromatic N) is 2. The van der Waals surface area contributed by atoms with Crippen molar-refractivity contribution in [2.24, 2.45) is 0 Å².